The molecule has 3 aliphatic rings. The largest absolute Gasteiger partial charge is 0.366 e. The summed E-state index contributed by atoms with van der Waals surface area (Å²) in [6.07, 6.45) is 5.15. The van der Waals surface area contributed by atoms with Gasteiger partial charge in [-0.15, -0.1) is 0 Å². The summed E-state index contributed by atoms with van der Waals surface area (Å²) in [5.41, 5.74) is 0. The maximum atomic E-state index is 12.4. The van der Waals surface area contributed by atoms with Crippen molar-refractivity contribution in [3.8, 4) is 0 Å². The molecule has 0 aromatic carbocycles. The molecule has 0 spiro atoms. The third kappa shape index (κ3) is 3.76. The highest BCUT2D eigenvalue weighted by Crippen LogP contribution is 2.27. The molecule has 3 fully saturated rings. The van der Waals surface area contributed by atoms with E-state index in [0.717, 1.165) is 44.7 Å². The molecule has 120 valence electrons. The fourth-order valence-corrected chi connectivity index (χ4v) is 3.84. The Kier molecular flexibility index (Phi) is 5.14. The lowest BCUT2D eigenvalue weighted by atomic mass is 9.86. The first-order valence-corrected chi connectivity index (χ1v) is 8.59. The molecular formula is C16H29N3O2. The number of hydrogen-bond acceptors (Lipinski definition) is 4. The first kappa shape index (κ1) is 15.3. The van der Waals surface area contributed by atoms with Crippen LogP contribution in [-0.2, 0) is 9.53 Å². The van der Waals surface area contributed by atoms with Crippen molar-refractivity contribution in [1.29, 1.82) is 0 Å². The summed E-state index contributed by atoms with van der Waals surface area (Å²) < 4.78 is 5.58. The average molecular weight is 295 g/mol. The number of nitrogens with zero attached hydrogens (tertiary/aromatic N) is 2. The molecule has 5 heteroatoms. The van der Waals surface area contributed by atoms with E-state index in [1.54, 1.807) is 0 Å². The molecule has 0 aromatic rings. The molecular weight excluding hydrogens is 266 g/mol. The van der Waals surface area contributed by atoms with Crippen LogP contribution < -0.4 is 5.32 Å². The minimum atomic E-state index is -0.263. The maximum Gasteiger partial charge on any atom is 0.253 e. The fourth-order valence-electron chi connectivity index (χ4n) is 3.84. The summed E-state index contributed by atoms with van der Waals surface area (Å²) in [6.45, 7) is 8.34. The molecule has 2 aliphatic heterocycles. The van der Waals surface area contributed by atoms with Crippen molar-refractivity contribution in [1.82, 2.24) is 15.1 Å². The Hall–Kier alpha value is -0.650. The summed E-state index contributed by atoms with van der Waals surface area (Å²) in [7, 11) is 0. The molecule has 2 saturated heterocycles. The van der Waals surface area contributed by atoms with E-state index in [-0.39, 0.29) is 12.0 Å². The molecule has 0 radical (unpaired) electrons. The third-order valence-corrected chi connectivity index (χ3v) is 5.33. The van der Waals surface area contributed by atoms with Gasteiger partial charge in [-0.05, 0) is 31.6 Å². The molecule has 5 nitrogen and oxygen atoms in total. The number of nitrogens with one attached hydrogen (secondary N) is 1. The Morgan fingerprint density at radius 3 is 2.43 bits per heavy atom. The predicted octanol–water partition coefficient (Wildman–Crippen LogP) is 0.698. The van der Waals surface area contributed by atoms with E-state index >= 15 is 0 Å². The second-order valence-electron chi connectivity index (χ2n) is 6.84. The number of morpholine rings is 1. The van der Waals surface area contributed by atoms with Gasteiger partial charge in [0.2, 0.25) is 0 Å². The van der Waals surface area contributed by atoms with E-state index < -0.39 is 0 Å². The second kappa shape index (κ2) is 7.07. The molecule has 3 rings (SSSR count). The Balaban J connectivity index is 1.45. The van der Waals surface area contributed by atoms with Crippen molar-refractivity contribution in [2.45, 2.75) is 44.8 Å². The Morgan fingerprint density at radius 2 is 1.81 bits per heavy atom. The molecule has 1 atom stereocenters. The van der Waals surface area contributed by atoms with E-state index in [4.69, 9.17) is 4.74 Å². The Morgan fingerprint density at radius 1 is 1.10 bits per heavy atom. The van der Waals surface area contributed by atoms with Gasteiger partial charge in [0.15, 0.2) is 0 Å². The second-order valence-corrected chi connectivity index (χ2v) is 6.84. The summed E-state index contributed by atoms with van der Waals surface area (Å²) in [5.74, 6) is 1.08. The zero-order chi connectivity index (χ0) is 14.7. The van der Waals surface area contributed by atoms with Gasteiger partial charge in [-0.25, -0.2) is 0 Å². The van der Waals surface area contributed by atoms with Crippen LogP contribution >= 0.6 is 0 Å². The van der Waals surface area contributed by atoms with Crippen molar-refractivity contribution in [2.24, 2.45) is 5.92 Å². The highest BCUT2D eigenvalue weighted by atomic mass is 16.5. The SMILES string of the molecule is CC1CCC(N2CCN(C(=O)C3CNCCO3)CC2)CC1. The summed E-state index contributed by atoms with van der Waals surface area (Å²) in [6, 6.07) is 0.756. The van der Waals surface area contributed by atoms with Gasteiger partial charge in [0.25, 0.3) is 5.91 Å². The van der Waals surface area contributed by atoms with Gasteiger partial charge in [-0.2, -0.15) is 0 Å². The van der Waals surface area contributed by atoms with Crippen LogP contribution in [0.4, 0.5) is 0 Å². The first-order chi connectivity index (χ1) is 10.2. The van der Waals surface area contributed by atoms with Crippen LogP contribution in [0.25, 0.3) is 0 Å². The number of carbonyl (C=O) groups is 1. The van der Waals surface area contributed by atoms with E-state index in [2.05, 4.69) is 17.1 Å². The highest BCUT2D eigenvalue weighted by molar-refractivity contribution is 5.81. The lowest BCUT2D eigenvalue weighted by molar-refractivity contribution is -0.147. The Bertz CT molecular complexity index is 341. The van der Waals surface area contributed by atoms with E-state index in [1.807, 2.05) is 4.90 Å². The van der Waals surface area contributed by atoms with Crippen molar-refractivity contribution >= 4 is 5.91 Å². The molecule has 1 amide bonds. The van der Waals surface area contributed by atoms with Gasteiger partial charge in [0, 0.05) is 45.3 Å². The van der Waals surface area contributed by atoms with Crippen LogP contribution in [0.5, 0.6) is 0 Å². The van der Waals surface area contributed by atoms with Crippen LogP contribution in [0, 0.1) is 5.92 Å². The number of ether oxygens (including phenoxy) is 1. The smallest absolute Gasteiger partial charge is 0.253 e. The van der Waals surface area contributed by atoms with Crippen molar-refractivity contribution in [3.63, 3.8) is 0 Å². The van der Waals surface area contributed by atoms with E-state index in [1.165, 1.54) is 25.7 Å². The molecule has 1 aliphatic carbocycles. The van der Waals surface area contributed by atoms with Crippen molar-refractivity contribution < 1.29 is 9.53 Å². The molecule has 0 bridgehead atoms. The number of hydrogen-bond donors (Lipinski definition) is 1. The summed E-state index contributed by atoms with van der Waals surface area (Å²) in [5, 5.41) is 3.24. The number of piperazine rings is 1. The first-order valence-electron chi connectivity index (χ1n) is 8.59. The van der Waals surface area contributed by atoms with Crippen molar-refractivity contribution in [3.05, 3.63) is 0 Å². The van der Waals surface area contributed by atoms with Crippen LogP contribution in [0.2, 0.25) is 0 Å². The monoisotopic (exact) mass is 295 g/mol. The summed E-state index contributed by atoms with van der Waals surface area (Å²) in [4.78, 5) is 17.0. The van der Waals surface area contributed by atoms with Crippen LogP contribution in [-0.4, -0.2) is 73.7 Å². The van der Waals surface area contributed by atoms with Gasteiger partial charge in [0.1, 0.15) is 6.10 Å². The third-order valence-electron chi connectivity index (χ3n) is 5.33. The van der Waals surface area contributed by atoms with Gasteiger partial charge in [-0.1, -0.05) is 6.92 Å². The standard InChI is InChI=1S/C16H29N3O2/c1-13-2-4-14(5-3-13)18-7-9-19(10-8-18)16(20)15-12-17-6-11-21-15/h13-15,17H,2-12H2,1H3. The molecule has 1 unspecified atom stereocenters. The van der Waals surface area contributed by atoms with Gasteiger partial charge in [-0.3, -0.25) is 9.69 Å². The lowest BCUT2D eigenvalue weighted by Gasteiger charge is -2.42. The van der Waals surface area contributed by atoms with Gasteiger partial charge in [0.05, 0.1) is 6.61 Å². The van der Waals surface area contributed by atoms with E-state index in [9.17, 15) is 4.79 Å². The number of rotatable bonds is 2. The molecule has 2 heterocycles. The van der Waals surface area contributed by atoms with Gasteiger partial charge >= 0.3 is 0 Å². The molecule has 1 N–H and O–H groups in total. The quantitative estimate of drug-likeness (QED) is 0.814. The van der Waals surface area contributed by atoms with Gasteiger partial charge < -0.3 is 15.0 Å². The minimum Gasteiger partial charge on any atom is -0.366 e. The number of amides is 1. The predicted molar refractivity (Wildman–Crippen MR) is 82.2 cm³/mol. The summed E-state index contributed by atoms with van der Waals surface area (Å²) >= 11 is 0. The molecule has 1 saturated carbocycles. The Labute approximate surface area is 128 Å². The zero-order valence-electron chi connectivity index (χ0n) is 13.2. The normalized spacial score (nSPS) is 35.7. The number of carbonyl (C=O) groups excluding carboxylic acids is 1. The average Bonchev–Trinajstić information content (AvgIpc) is 2.56. The molecule has 21 heavy (non-hydrogen) atoms. The van der Waals surface area contributed by atoms with Crippen LogP contribution in [0.1, 0.15) is 32.6 Å². The topological polar surface area (TPSA) is 44.8 Å². The van der Waals surface area contributed by atoms with E-state index in [0.29, 0.717) is 13.2 Å². The lowest BCUT2D eigenvalue weighted by Crippen LogP contribution is -2.56. The highest BCUT2D eigenvalue weighted by Gasteiger charge is 2.32. The minimum absolute atomic E-state index is 0.180. The van der Waals surface area contributed by atoms with Crippen molar-refractivity contribution in [2.75, 3.05) is 45.9 Å². The molecule has 0 aromatic heterocycles. The van der Waals surface area contributed by atoms with Crippen LogP contribution in [0.3, 0.4) is 0 Å². The zero-order valence-corrected chi connectivity index (χ0v) is 13.2. The fraction of sp³-hybridized carbons (Fsp3) is 0.938. The maximum absolute atomic E-state index is 12.4. The van der Waals surface area contributed by atoms with Crippen LogP contribution in [0.15, 0.2) is 0 Å².